The molecule has 0 aliphatic rings. The average Bonchev–Trinajstić information content (AvgIpc) is 3.04. The van der Waals surface area contributed by atoms with E-state index in [0.717, 1.165) is 11.3 Å². The third-order valence-electron chi connectivity index (χ3n) is 4.06. The third kappa shape index (κ3) is 3.97. The monoisotopic (exact) mass is 418 g/mol. The summed E-state index contributed by atoms with van der Waals surface area (Å²) in [7, 11) is 0. The molecule has 1 heterocycles. The van der Waals surface area contributed by atoms with Crippen LogP contribution in [0.4, 0.5) is 21.0 Å². The number of primary amides is 1. The topological polar surface area (TPSA) is 102 Å². The van der Waals surface area contributed by atoms with Gasteiger partial charge < -0.3 is 16.4 Å². The molecule has 28 heavy (non-hydrogen) atoms. The molecule has 0 fully saturated rings. The van der Waals surface area contributed by atoms with Crippen molar-refractivity contribution in [3.05, 3.63) is 69.8 Å². The van der Waals surface area contributed by atoms with Crippen LogP contribution in [0.2, 0.25) is 5.02 Å². The zero-order chi connectivity index (χ0) is 20.4. The van der Waals surface area contributed by atoms with E-state index < -0.39 is 17.8 Å². The molecule has 6 nitrogen and oxygen atoms in total. The number of carbonyl (C=O) groups is 2. The number of hydrogen-bond donors (Lipinski definition) is 2. The van der Waals surface area contributed by atoms with Gasteiger partial charge in [-0.15, -0.1) is 0 Å². The highest BCUT2D eigenvalue weighted by atomic mass is 35.5. The van der Waals surface area contributed by atoms with Gasteiger partial charge >= 0.3 is 0 Å². The van der Waals surface area contributed by atoms with Gasteiger partial charge in [-0.1, -0.05) is 22.9 Å². The van der Waals surface area contributed by atoms with E-state index >= 15 is 0 Å². The Labute approximate surface area is 169 Å². The van der Waals surface area contributed by atoms with Crippen molar-refractivity contribution in [1.29, 1.82) is 0 Å². The Bertz CT molecular complexity index is 1020. The van der Waals surface area contributed by atoms with Crippen LogP contribution in [-0.2, 0) is 4.79 Å². The first-order valence-corrected chi connectivity index (χ1v) is 9.38. The minimum absolute atomic E-state index is 0.0312. The molecule has 0 saturated carbocycles. The van der Waals surface area contributed by atoms with Crippen molar-refractivity contribution in [3.8, 4) is 0 Å². The van der Waals surface area contributed by atoms with Gasteiger partial charge in [0, 0.05) is 16.3 Å². The molecule has 2 aromatic carbocycles. The number of aromatic nitrogens is 1. The molecule has 4 N–H and O–H groups in total. The lowest BCUT2D eigenvalue weighted by atomic mass is 10.1. The van der Waals surface area contributed by atoms with Crippen LogP contribution in [0.5, 0.6) is 0 Å². The molecule has 0 unspecified atom stereocenters. The summed E-state index contributed by atoms with van der Waals surface area (Å²) in [6.07, 6.45) is 0. The average molecular weight is 419 g/mol. The molecular weight excluding hydrogens is 403 g/mol. The van der Waals surface area contributed by atoms with Gasteiger partial charge in [0.1, 0.15) is 22.6 Å². The predicted molar refractivity (Wildman–Crippen MR) is 109 cm³/mol. The lowest BCUT2D eigenvalue weighted by molar-refractivity contribution is -0.118. The zero-order valence-electron chi connectivity index (χ0n) is 14.7. The minimum Gasteiger partial charge on any atom is -0.382 e. The molecule has 1 amide bonds. The van der Waals surface area contributed by atoms with Gasteiger partial charge in [0.15, 0.2) is 5.13 Å². The lowest BCUT2D eigenvalue weighted by Crippen LogP contribution is -2.39. The second kappa shape index (κ2) is 7.95. The van der Waals surface area contributed by atoms with Crippen LogP contribution in [0.25, 0.3) is 0 Å². The second-order valence-corrected chi connectivity index (χ2v) is 7.39. The van der Waals surface area contributed by atoms with E-state index in [1.165, 1.54) is 29.2 Å². The van der Waals surface area contributed by atoms with Crippen molar-refractivity contribution in [2.75, 3.05) is 10.6 Å². The van der Waals surface area contributed by atoms with Gasteiger partial charge in [-0.25, -0.2) is 9.37 Å². The van der Waals surface area contributed by atoms with Crippen LogP contribution in [0.3, 0.4) is 0 Å². The zero-order valence-corrected chi connectivity index (χ0v) is 16.3. The Morgan fingerprint density at radius 2 is 1.75 bits per heavy atom. The van der Waals surface area contributed by atoms with E-state index in [-0.39, 0.29) is 16.5 Å². The fourth-order valence-electron chi connectivity index (χ4n) is 2.55. The molecule has 3 rings (SSSR count). The van der Waals surface area contributed by atoms with E-state index in [2.05, 4.69) is 4.98 Å². The molecule has 1 atom stereocenters. The van der Waals surface area contributed by atoms with Gasteiger partial charge in [-0.2, -0.15) is 0 Å². The van der Waals surface area contributed by atoms with Crippen molar-refractivity contribution in [2.45, 2.75) is 13.0 Å². The minimum atomic E-state index is -0.797. The number of anilines is 3. The molecule has 9 heteroatoms. The van der Waals surface area contributed by atoms with Gasteiger partial charge in [0.05, 0.1) is 0 Å². The summed E-state index contributed by atoms with van der Waals surface area (Å²) in [6.45, 7) is 1.59. The molecule has 1 aromatic heterocycles. The van der Waals surface area contributed by atoms with Crippen LogP contribution >= 0.6 is 22.9 Å². The molecule has 0 saturated heterocycles. The van der Waals surface area contributed by atoms with Crippen LogP contribution in [0, 0.1) is 5.82 Å². The number of nitrogens with zero attached hydrogens (tertiary/aromatic N) is 2. The molecule has 144 valence electrons. The first-order valence-electron chi connectivity index (χ1n) is 8.18. The van der Waals surface area contributed by atoms with Crippen molar-refractivity contribution in [3.63, 3.8) is 0 Å². The number of hydrogen-bond acceptors (Lipinski definition) is 6. The number of amides is 1. The Balaban J connectivity index is 2.03. The van der Waals surface area contributed by atoms with Crippen molar-refractivity contribution >= 4 is 51.3 Å². The summed E-state index contributed by atoms with van der Waals surface area (Å²) in [5.41, 5.74) is 12.3. The number of rotatable bonds is 6. The summed E-state index contributed by atoms with van der Waals surface area (Å²) in [5, 5.41) is 0.806. The Kier molecular flexibility index (Phi) is 5.62. The number of benzene rings is 2. The highest BCUT2D eigenvalue weighted by Crippen LogP contribution is 2.36. The van der Waals surface area contributed by atoms with Gasteiger partial charge in [0.2, 0.25) is 11.7 Å². The van der Waals surface area contributed by atoms with Crippen molar-refractivity contribution < 1.29 is 14.0 Å². The highest BCUT2D eigenvalue weighted by Gasteiger charge is 2.27. The molecule has 0 aliphatic heterocycles. The summed E-state index contributed by atoms with van der Waals surface area (Å²) >= 11 is 6.89. The van der Waals surface area contributed by atoms with Gasteiger partial charge in [-0.05, 0) is 55.5 Å². The van der Waals surface area contributed by atoms with E-state index in [4.69, 9.17) is 23.1 Å². The number of ketones is 1. The molecule has 3 aromatic rings. The van der Waals surface area contributed by atoms with Crippen LogP contribution in [0.15, 0.2) is 48.5 Å². The van der Waals surface area contributed by atoms with Crippen LogP contribution < -0.4 is 16.4 Å². The normalized spacial score (nSPS) is 11.8. The predicted octanol–water partition coefficient (Wildman–Crippen LogP) is 3.76. The first kappa shape index (κ1) is 19.8. The number of carbonyl (C=O) groups excluding carboxylic acids is 2. The molecule has 0 spiro atoms. The number of nitrogens with two attached hydrogens (primary N) is 2. The summed E-state index contributed by atoms with van der Waals surface area (Å²) in [4.78, 5) is 30.6. The first-order chi connectivity index (χ1) is 13.3. The Morgan fingerprint density at radius 1 is 1.14 bits per heavy atom. The highest BCUT2D eigenvalue weighted by molar-refractivity contribution is 7.18. The number of nitrogen functional groups attached to an aromatic ring is 1. The maximum Gasteiger partial charge on any atom is 0.240 e. The quantitative estimate of drug-likeness (QED) is 0.593. The number of halogens is 2. The lowest BCUT2D eigenvalue weighted by Gasteiger charge is -2.26. The summed E-state index contributed by atoms with van der Waals surface area (Å²) in [6, 6.07) is 11.1. The molecule has 0 aliphatic carbocycles. The van der Waals surface area contributed by atoms with Crippen LogP contribution in [0.1, 0.15) is 22.2 Å². The van der Waals surface area contributed by atoms with Crippen molar-refractivity contribution in [2.24, 2.45) is 5.73 Å². The fraction of sp³-hybridized carbons (Fsp3) is 0.105. The van der Waals surface area contributed by atoms with E-state index in [9.17, 15) is 14.0 Å². The Hall–Kier alpha value is -2.97. The van der Waals surface area contributed by atoms with Crippen molar-refractivity contribution in [1.82, 2.24) is 4.98 Å². The van der Waals surface area contributed by atoms with Gasteiger partial charge in [-0.3, -0.25) is 9.59 Å². The molecular formula is C19H16ClFN4O2S. The smallest absolute Gasteiger partial charge is 0.240 e. The summed E-state index contributed by atoms with van der Waals surface area (Å²) in [5.74, 6) is -1.32. The van der Waals surface area contributed by atoms with E-state index in [1.807, 2.05) is 0 Å². The van der Waals surface area contributed by atoms with Gasteiger partial charge in [0.25, 0.3) is 0 Å². The molecule has 0 bridgehead atoms. The third-order valence-corrected chi connectivity index (χ3v) is 5.39. The standard InChI is InChI=1S/C19H16ClFN4O2S/c1-10(18(23)27)25(14-8-6-13(21)7-9-14)19-24-17(22)16(28-19)15(26)11-2-4-12(20)5-3-11/h2-10H,22H2,1H3,(H2,23,27)/t10-/m0/s1. The maximum absolute atomic E-state index is 13.3. The Morgan fingerprint density at radius 3 is 2.32 bits per heavy atom. The fourth-order valence-corrected chi connectivity index (χ4v) is 3.72. The number of thiazole rings is 1. The summed E-state index contributed by atoms with van der Waals surface area (Å²) < 4.78 is 13.3. The SMILES string of the molecule is C[C@@H](C(N)=O)N(c1ccc(F)cc1)c1nc(N)c(C(=O)c2ccc(Cl)cc2)s1. The van der Waals surface area contributed by atoms with E-state index in [1.54, 1.807) is 31.2 Å². The second-order valence-electron chi connectivity index (χ2n) is 5.97. The maximum atomic E-state index is 13.3. The largest absolute Gasteiger partial charge is 0.382 e. The van der Waals surface area contributed by atoms with Crippen LogP contribution in [-0.4, -0.2) is 22.7 Å². The van der Waals surface area contributed by atoms with E-state index in [0.29, 0.717) is 21.4 Å². The molecule has 0 radical (unpaired) electrons.